The molecule has 0 saturated carbocycles. The Balaban J connectivity index is 2.13. The summed E-state index contributed by atoms with van der Waals surface area (Å²) < 4.78 is 31.2. The van der Waals surface area contributed by atoms with Crippen LogP contribution in [0.5, 0.6) is 0 Å². The zero-order chi connectivity index (χ0) is 13.1. The van der Waals surface area contributed by atoms with Crippen LogP contribution in [0.15, 0.2) is 22.7 Å². The van der Waals surface area contributed by atoms with Crippen LogP contribution in [-0.4, -0.2) is 10.1 Å². The van der Waals surface area contributed by atoms with Gasteiger partial charge >= 0.3 is 0 Å². The molecule has 2 N–H and O–H groups in total. The summed E-state index contributed by atoms with van der Waals surface area (Å²) in [6, 6.07) is 2.78. The molecule has 0 aliphatic carbocycles. The Labute approximate surface area is 103 Å². The van der Waals surface area contributed by atoms with E-state index in [1.165, 1.54) is 12.1 Å². The molecule has 1 aromatic carbocycles. The molecular weight excluding hydrogens is 240 g/mol. The SMILES string of the molecule is CCc1noc([C@@H](N)Cc2ccc(F)cc2F)n1. The summed E-state index contributed by atoms with van der Waals surface area (Å²) >= 11 is 0. The minimum absolute atomic E-state index is 0.178. The second-order valence-electron chi connectivity index (χ2n) is 3.95. The molecular formula is C12H13F2N3O. The van der Waals surface area contributed by atoms with Crippen LogP contribution >= 0.6 is 0 Å². The van der Waals surface area contributed by atoms with E-state index in [1.807, 2.05) is 6.92 Å². The third-order valence-electron chi connectivity index (χ3n) is 2.57. The molecule has 0 bridgehead atoms. The lowest BCUT2D eigenvalue weighted by atomic mass is 10.1. The van der Waals surface area contributed by atoms with Crippen molar-refractivity contribution >= 4 is 0 Å². The maximum atomic E-state index is 13.4. The molecule has 6 heteroatoms. The predicted octanol–water partition coefficient (Wildman–Crippen LogP) is 2.15. The Bertz CT molecular complexity index is 542. The number of benzene rings is 1. The van der Waals surface area contributed by atoms with Crippen molar-refractivity contribution < 1.29 is 13.3 Å². The molecule has 18 heavy (non-hydrogen) atoms. The highest BCUT2D eigenvalue weighted by Crippen LogP contribution is 2.17. The Morgan fingerprint density at radius 2 is 2.17 bits per heavy atom. The monoisotopic (exact) mass is 253 g/mol. The molecule has 0 spiro atoms. The van der Waals surface area contributed by atoms with Gasteiger partial charge in [-0.25, -0.2) is 8.78 Å². The van der Waals surface area contributed by atoms with E-state index in [0.717, 1.165) is 6.07 Å². The number of rotatable bonds is 4. The molecule has 0 saturated heterocycles. The van der Waals surface area contributed by atoms with E-state index in [4.69, 9.17) is 10.3 Å². The van der Waals surface area contributed by atoms with E-state index in [9.17, 15) is 8.78 Å². The zero-order valence-electron chi connectivity index (χ0n) is 9.86. The lowest BCUT2D eigenvalue weighted by molar-refractivity contribution is 0.349. The Morgan fingerprint density at radius 1 is 1.39 bits per heavy atom. The first-order chi connectivity index (χ1) is 8.60. The van der Waals surface area contributed by atoms with Gasteiger partial charge in [0, 0.05) is 12.5 Å². The van der Waals surface area contributed by atoms with Crippen molar-refractivity contribution in [2.75, 3.05) is 0 Å². The Hall–Kier alpha value is -1.82. The number of aryl methyl sites for hydroxylation is 1. The highest BCUT2D eigenvalue weighted by atomic mass is 19.1. The lowest BCUT2D eigenvalue weighted by Gasteiger charge is -2.07. The van der Waals surface area contributed by atoms with Gasteiger partial charge in [0.1, 0.15) is 11.6 Å². The van der Waals surface area contributed by atoms with Gasteiger partial charge in [0.2, 0.25) is 5.89 Å². The smallest absolute Gasteiger partial charge is 0.243 e. The maximum absolute atomic E-state index is 13.4. The van der Waals surface area contributed by atoms with Gasteiger partial charge in [0.05, 0.1) is 6.04 Å². The summed E-state index contributed by atoms with van der Waals surface area (Å²) in [5, 5.41) is 3.71. The quantitative estimate of drug-likeness (QED) is 0.906. The molecule has 2 rings (SSSR count). The van der Waals surface area contributed by atoms with Gasteiger partial charge < -0.3 is 10.3 Å². The Kier molecular flexibility index (Phi) is 3.66. The van der Waals surface area contributed by atoms with Crippen LogP contribution in [0.1, 0.15) is 30.2 Å². The molecule has 1 aromatic heterocycles. The standard InChI is InChI=1S/C12H13F2N3O/c1-2-11-16-12(18-17-11)10(15)5-7-3-4-8(13)6-9(7)14/h3-4,6,10H,2,5,15H2,1H3/t10-/m0/s1. The Morgan fingerprint density at radius 3 is 2.78 bits per heavy atom. The van der Waals surface area contributed by atoms with Gasteiger partial charge in [-0.2, -0.15) is 4.98 Å². The number of nitrogens with zero attached hydrogens (tertiary/aromatic N) is 2. The topological polar surface area (TPSA) is 64.9 Å². The summed E-state index contributed by atoms with van der Waals surface area (Å²) in [4.78, 5) is 4.07. The predicted molar refractivity (Wildman–Crippen MR) is 60.7 cm³/mol. The van der Waals surface area contributed by atoms with Crippen LogP contribution < -0.4 is 5.73 Å². The largest absolute Gasteiger partial charge is 0.338 e. The van der Waals surface area contributed by atoms with Gasteiger partial charge in [-0.3, -0.25) is 0 Å². The second-order valence-corrected chi connectivity index (χ2v) is 3.95. The fourth-order valence-corrected chi connectivity index (χ4v) is 1.57. The maximum Gasteiger partial charge on any atom is 0.243 e. The average molecular weight is 253 g/mol. The van der Waals surface area contributed by atoms with Gasteiger partial charge in [0.15, 0.2) is 5.82 Å². The summed E-state index contributed by atoms with van der Waals surface area (Å²) in [7, 11) is 0. The molecule has 2 aromatic rings. The third-order valence-corrected chi connectivity index (χ3v) is 2.57. The van der Waals surface area contributed by atoms with Crippen LogP contribution in [0.4, 0.5) is 8.78 Å². The average Bonchev–Trinajstić information content (AvgIpc) is 2.81. The van der Waals surface area contributed by atoms with Crippen molar-refractivity contribution in [2.24, 2.45) is 5.73 Å². The molecule has 0 unspecified atom stereocenters. The normalized spacial score (nSPS) is 12.7. The summed E-state index contributed by atoms with van der Waals surface area (Å²) in [6.07, 6.45) is 0.818. The van der Waals surface area contributed by atoms with E-state index >= 15 is 0 Å². The van der Waals surface area contributed by atoms with Crippen LogP contribution in [0.3, 0.4) is 0 Å². The molecule has 0 amide bonds. The molecule has 4 nitrogen and oxygen atoms in total. The van der Waals surface area contributed by atoms with Crippen molar-refractivity contribution in [1.82, 2.24) is 10.1 Å². The summed E-state index contributed by atoms with van der Waals surface area (Å²) in [5.41, 5.74) is 6.16. The molecule has 0 fully saturated rings. The highest BCUT2D eigenvalue weighted by Gasteiger charge is 2.16. The second kappa shape index (κ2) is 5.22. The van der Waals surface area contributed by atoms with Gasteiger partial charge in [-0.15, -0.1) is 0 Å². The lowest BCUT2D eigenvalue weighted by Crippen LogP contribution is -2.14. The van der Waals surface area contributed by atoms with Crippen molar-refractivity contribution in [3.05, 3.63) is 47.1 Å². The first kappa shape index (κ1) is 12.6. The molecule has 1 atom stereocenters. The van der Waals surface area contributed by atoms with E-state index < -0.39 is 17.7 Å². The van der Waals surface area contributed by atoms with Gasteiger partial charge in [-0.05, 0) is 18.1 Å². The van der Waals surface area contributed by atoms with Gasteiger partial charge in [-0.1, -0.05) is 18.1 Å². The van der Waals surface area contributed by atoms with E-state index in [2.05, 4.69) is 10.1 Å². The van der Waals surface area contributed by atoms with Crippen LogP contribution in [0, 0.1) is 11.6 Å². The van der Waals surface area contributed by atoms with E-state index in [-0.39, 0.29) is 12.3 Å². The number of hydrogen-bond donors (Lipinski definition) is 1. The number of nitrogens with two attached hydrogens (primary N) is 1. The number of halogens is 2. The van der Waals surface area contributed by atoms with E-state index in [1.54, 1.807) is 0 Å². The number of hydrogen-bond acceptors (Lipinski definition) is 4. The molecule has 96 valence electrons. The van der Waals surface area contributed by atoms with Crippen LogP contribution in [0.2, 0.25) is 0 Å². The minimum atomic E-state index is -0.624. The van der Waals surface area contributed by atoms with Crippen molar-refractivity contribution in [2.45, 2.75) is 25.8 Å². The minimum Gasteiger partial charge on any atom is -0.338 e. The fourth-order valence-electron chi connectivity index (χ4n) is 1.57. The number of aromatic nitrogens is 2. The van der Waals surface area contributed by atoms with E-state index in [0.29, 0.717) is 17.8 Å². The third kappa shape index (κ3) is 2.70. The molecule has 0 radical (unpaired) electrons. The highest BCUT2D eigenvalue weighted by molar-refractivity contribution is 5.20. The van der Waals surface area contributed by atoms with Crippen LogP contribution in [-0.2, 0) is 12.8 Å². The van der Waals surface area contributed by atoms with Crippen molar-refractivity contribution in [3.8, 4) is 0 Å². The molecule has 0 aliphatic rings. The molecule has 0 aliphatic heterocycles. The van der Waals surface area contributed by atoms with Crippen LogP contribution in [0.25, 0.3) is 0 Å². The summed E-state index contributed by atoms with van der Waals surface area (Å²) in [6.45, 7) is 1.89. The van der Waals surface area contributed by atoms with Crippen molar-refractivity contribution in [3.63, 3.8) is 0 Å². The van der Waals surface area contributed by atoms with Crippen molar-refractivity contribution in [1.29, 1.82) is 0 Å². The molecule has 1 heterocycles. The summed E-state index contributed by atoms with van der Waals surface area (Å²) in [5.74, 6) is -0.424. The van der Waals surface area contributed by atoms with Gasteiger partial charge in [0.25, 0.3) is 0 Å². The first-order valence-corrected chi connectivity index (χ1v) is 5.62. The fraction of sp³-hybridized carbons (Fsp3) is 0.333. The zero-order valence-corrected chi connectivity index (χ0v) is 9.86. The first-order valence-electron chi connectivity index (χ1n) is 5.62.